The van der Waals surface area contributed by atoms with Gasteiger partial charge in [0.1, 0.15) is 17.8 Å². The number of ether oxygens (including phenoxy) is 1. The minimum absolute atomic E-state index is 0.0920. The van der Waals surface area contributed by atoms with E-state index in [-0.39, 0.29) is 24.1 Å². The molecule has 1 aliphatic rings. The summed E-state index contributed by atoms with van der Waals surface area (Å²) >= 11 is 0. The molecule has 1 unspecified atom stereocenters. The van der Waals surface area contributed by atoms with Gasteiger partial charge < -0.3 is 9.64 Å². The Bertz CT molecular complexity index is 1060. The minimum Gasteiger partial charge on any atom is -0.497 e. The molecule has 1 atom stereocenters. The van der Waals surface area contributed by atoms with Gasteiger partial charge in [-0.05, 0) is 49.1 Å². The molecule has 1 amide bonds. The van der Waals surface area contributed by atoms with Crippen LogP contribution in [0.1, 0.15) is 18.4 Å². The Morgan fingerprint density at radius 1 is 1.21 bits per heavy atom. The molecule has 1 fully saturated rings. The van der Waals surface area contributed by atoms with Crippen molar-refractivity contribution >= 4 is 16.8 Å². The summed E-state index contributed by atoms with van der Waals surface area (Å²) in [5.41, 5.74) is 1.38. The molecule has 1 saturated heterocycles. The Morgan fingerprint density at radius 2 is 2.07 bits per heavy atom. The number of hydrogen-bond donors (Lipinski definition) is 0. The Morgan fingerprint density at radius 3 is 2.93 bits per heavy atom. The van der Waals surface area contributed by atoms with Crippen LogP contribution in [0.2, 0.25) is 0 Å². The van der Waals surface area contributed by atoms with Crippen molar-refractivity contribution < 1.29 is 9.53 Å². The zero-order chi connectivity index (χ0) is 19.5. The number of likely N-dealkylation sites (tertiary alicyclic amines) is 1. The van der Waals surface area contributed by atoms with E-state index in [9.17, 15) is 9.59 Å². The molecule has 7 heteroatoms. The van der Waals surface area contributed by atoms with Crippen LogP contribution in [0.4, 0.5) is 0 Å². The summed E-state index contributed by atoms with van der Waals surface area (Å²) in [5, 5.41) is 8.47. The number of hydrogen-bond acceptors (Lipinski definition) is 5. The molecule has 1 aromatic heterocycles. The first-order chi connectivity index (χ1) is 13.7. The van der Waals surface area contributed by atoms with Crippen LogP contribution in [-0.2, 0) is 17.8 Å². The first-order valence-electron chi connectivity index (χ1n) is 9.40. The van der Waals surface area contributed by atoms with Crippen molar-refractivity contribution in [3.63, 3.8) is 0 Å². The van der Waals surface area contributed by atoms with Gasteiger partial charge >= 0.3 is 0 Å². The van der Waals surface area contributed by atoms with Crippen molar-refractivity contribution in [2.45, 2.75) is 31.8 Å². The first kappa shape index (κ1) is 18.2. The maximum atomic E-state index is 12.9. The molecule has 28 heavy (non-hydrogen) atoms. The third kappa shape index (κ3) is 3.60. The van der Waals surface area contributed by atoms with Crippen molar-refractivity contribution in [1.82, 2.24) is 19.9 Å². The number of carbonyl (C=O) groups is 1. The van der Waals surface area contributed by atoms with E-state index >= 15 is 0 Å². The summed E-state index contributed by atoms with van der Waals surface area (Å²) in [6.45, 7) is 0.606. The molecule has 0 spiro atoms. The zero-order valence-corrected chi connectivity index (χ0v) is 15.7. The Hall–Kier alpha value is -3.22. The highest BCUT2D eigenvalue weighted by atomic mass is 16.5. The number of carbonyl (C=O) groups excluding carboxylic acids is 1. The Kier molecular flexibility index (Phi) is 5.06. The van der Waals surface area contributed by atoms with Gasteiger partial charge in [-0.25, -0.2) is 4.68 Å². The van der Waals surface area contributed by atoms with Crippen molar-refractivity contribution in [2.75, 3.05) is 13.7 Å². The maximum Gasteiger partial charge on any atom is 0.278 e. The van der Waals surface area contributed by atoms with E-state index in [1.54, 1.807) is 31.4 Å². The van der Waals surface area contributed by atoms with Gasteiger partial charge in [-0.3, -0.25) is 9.59 Å². The lowest BCUT2D eigenvalue weighted by molar-refractivity contribution is -0.132. The third-order valence-electron chi connectivity index (χ3n) is 5.22. The van der Waals surface area contributed by atoms with Gasteiger partial charge in [0.2, 0.25) is 5.91 Å². The normalized spacial score (nSPS) is 16.5. The predicted molar refractivity (Wildman–Crippen MR) is 105 cm³/mol. The van der Waals surface area contributed by atoms with E-state index in [0.717, 1.165) is 35.3 Å². The van der Waals surface area contributed by atoms with Crippen molar-refractivity contribution in [3.05, 3.63) is 64.4 Å². The summed E-state index contributed by atoms with van der Waals surface area (Å²) in [7, 11) is 1.65. The van der Waals surface area contributed by atoms with Crippen LogP contribution in [-0.4, -0.2) is 45.5 Å². The maximum absolute atomic E-state index is 12.9. The van der Waals surface area contributed by atoms with E-state index in [4.69, 9.17) is 4.74 Å². The number of aromatic nitrogens is 3. The van der Waals surface area contributed by atoms with E-state index in [1.165, 1.54) is 0 Å². The number of rotatable bonds is 5. The van der Waals surface area contributed by atoms with Gasteiger partial charge in [-0.15, -0.1) is 5.10 Å². The molecule has 7 nitrogen and oxygen atoms in total. The number of fused-ring (bicyclic) bond motifs is 1. The fraction of sp³-hybridized carbons (Fsp3) is 0.333. The molecule has 0 bridgehead atoms. The summed E-state index contributed by atoms with van der Waals surface area (Å²) in [6.07, 6.45) is 2.67. The average molecular weight is 378 g/mol. The second-order valence-corrected chi connectivity index (χ2v) is 7.01. The molecular weight excluding hydrogens is 356 g/mol. The van der Waals surface area contributed by atoms with Crippen LogP contribution in [0, 0.1) is 0 Å². The quantitative estimate of drug-likeness (QED) is 0.679. The fourth-order valence-electron chi connectivity index (χ4n) is 3.79. The summed E-state index contributed by atoms with van der Waals surface area (Å²) in [6, 6.07) is 15.1. The molecule has 0 radical (unpaired) electrons. The van der Waals surface area contributed by atoms with Gasteiger partial charge in [-0.2, -0.15) is 0 Å². The van der Waals surface area contributed by atoms with Gasteiger partial charge in [0.15, 0.2) is 0 Å². The van der Waals surface area contributed by atoms with Crippen molar-refractivity contribution in [1.29, 1.82) is 0 Å². The monoisotopic (exact) mass is 378 g/mol. The smallest absolute Gasteiger partial charge is 0.278 e. The van der Waals surface area contributed by atoms with Crippen LogP contribution < -0.4 is 10.3 Å². The van der Waals surface area contributed by atoms with E-state index < -0.39 is 0 Å². The van der Waals surface area contributed by atoms with Crippen LogP contribution in [0.3, 0.4) is 0 Å². The fourth-order valence-corrected chi connectivity index (χ4v) is 3.79. The molecule has 2 aromatic carbocycles. The van der Waals surface area contributed by atoms with Crippen LogP contribution in [0.5, 0.6) is 5.75 Å². The molecule has 4 rings (SSSR count). The van der Waals surface area contributed by atoms with E-state index in [0.29, 0.717) is 17.4 Å². The third-order valence-corrected chi connectivity index (χ3v) is 5.22. The largest absolute Gasteiger partial charge is 0.497 e. The Balaban J connectivity index is 1.51. The second-order valence-electron chi connectivity index (χ2n) is 7.01. The van der Waals surface area contributed by atoms with E-state index in [1.807, 2.05) is 29.2 Å². The van der Waals surface area contributed by atoms with Crippen molar-refractivity contribution in [2.24, 2.45) is 0 Å². The number of methoxy groups -OCH3 is 1. The highest BCUT2D eigenvalue weighted by Crippen LogP contribution is 2.23. The summed E-state index contributed by atoms with van der Waals surface area (Å²) < 4.78 is 6.45. The molecule has 1 aliphatic heterocycles. The first-order valence-corrected chi connectivity index (χ1v) is 9.40. The topological polar surface area (TPSA) is 77.3 Å². The lowest BCUT2D eigenvalue weighted by Crippen LogP contribution is -2.41. The van der Waals surface area contributed by atoms with Gasteiger partial charge in [-0.1, -0.05) is 29.5 Å². The van der Waals surface area contributed by atoms with Crippen LogP contribution in [0.25, 0.3) is 10.9 Å². The minimum atomic E-state index is -0.289. The predicted octanol–water partition coefficient (Wildman–Crippen LogP) is 2.03. The highest BCUT2D eigenvalue weighted by Gasteiger charge is 2.29. The Labute approximate surface area is 162 Å². The van der Waals surface area contributed by atoms with Crippen molar-refractivity contribution in [3.8, 4) is 5.75 Å². The van der Waals surface area contributed by atoms with E-state index in [2.05, 4.69) is 10.3 Å². The van der Waals surface area contributed by atoms with Gasteiger partial charge in [0.05, 0.1) is 12.5 Å². The van der Waals surface area contributed by atoms with Gasteiger partial charge in [0.25, 0.3) is 5.56 Å². The van der Waals surface area contributed by atoms with Crippen LogP contribution in [0.15, 0.2) is 53.3 Å². The van der Waals surface area contributed by atoms with Crippen LogP contribution >= 0.6 is 0 Å². The second kappa shape index (κ2) is 7.80. The number of benzene rings is 2. The standard InChI is InChI=1S/C21H22N4O3/c1-28-17-8-4-6-15(13-17)12-16-7-5-11-24(16)20(26)14-25-21(27)18-9-2-3-10-19(18)22-23-25/h2-4,6,8-10,13,16H,5,7,11-12,14H2,1H3. The lowest BCUT2D eigenvalue weighted by atomic mass is 10.0. The number of nitrogens with zero attached hydrogens (tertiary/aromatic N) is 4. The molecule has 0 aliphatic carbocycles. The summed E-state index contributed by atoms with van der Waals surface area (Å²) in [4.78, 5) is 27.4. The molecule has 3 aromatic rings. The zero-order valence-electron chi connectivity index (χ0n) is 15.7. The molecular formula is C21H22N4O3. The lowest BCUT2D eigenvalue weighted by Gasteiger charge is -2.25. The summed E-state index contributed by atoms with van der Waals surface area (Å²) in [5.74, 6) is 0.712. The molecule has 0 saturated carbocycles. The highest BCUT2D eigenvalue weighted by molar-refractivity contribution is 5.78. The van der Waals surface area contributed by atoms with Gasteiger partial charge in [0, 0.05) is 12.6 Å². The SMILES string of the molecule is COc1cccc(CC2CCCN2C(=O)Cn2nnc3ccccc3c2=O)c1. The number of amides is 1. The molecule has 0 N–H and O–H groups in total. The molecule has 2 heterocycles. The molecule has 144 valence electrons. The average Bonchev–Trinajstić information content (AvgIpc) is 3.18.